The number of anilines is 2. The SMILES string of the molecule is C=C(Nc1cc(-c2cccc(CN3CCN(CCNC)CC3)c2)ccc1N1CCN(C)CC1)C(=C/N)/C(=C\CCC)C(F)(F)F.CC. The van der Waals surface area contributed by atoms with Gasteiger partial charge in [0.25, 0.3) is 0 Å². The molecule has 2 aliphatic rings. The van der Waals surface area contributed by atoms with Crippen molar-refractivity contribution in [1.82, 2.24) is 20.0 Å². The molecule has 0 amide bonds. The molecule has 2 aliphatic heterocycles. The number of piperazine rings is 2. The highest BCUT2D eigenvalue weighted by Gasteiger charge is 2.36. The Kier molecular flexibility index (Phi) is 15.3. The number of nitrogens with one attached hydrogen (secondary N) is 2. The molecule has 2 heterocycles. The molecule has 260 valence electrons. The molecule has 7 nitrogen and oxygen atoms in total. The van der Waals surface area contributed by atoms with Crippen LogP contribution in [0.1, 0.15) is 39.2 Å². The van der Waals surface area contributed by atoms with Gasteiger partial charge in [0.05, 0.1) is 16.9 Å². The number of benzene rings is 2. The summed E-state index contributed by atoms with van der Waals surface area (Å²) < 4.78 is 42.3. The van der Waals surface area contributed by atoms with Crippen LogP contribution in [0.25, 0.3) is 11.1 Å². The second-order valence-corrected chi connectivity index (χ2v) is 12.0. The lowest BCUT2D eigenvalue weighted by Crippen LogP contribution is -2.47. The van der Waals surface area contributed by atoms with Gasteiger partial charge in [-0.1, -0.05) is 64.1 Å². The van der Waals surface area contributed by atoms with Gasteiger partial charge in [0.2, 0.25) is 0 Å². The first-order valence-corrected chi connectivity index (χ1v) is 17.0. The number of nitrogens with zero attached hydrogens (tertiary/aromatic N) is 4. The maximum Gasteiger partial charge on any atom is 0.416 e. The van der Waals surface area contributed by atoms with E-state index in [-0.39, 0.29) is 11.3 Å². The molecule has 0 aromatic heterocycles. The van der Waals surface area contributed by atoms with Crippen molar-refractivity contribution in [2.45, 2.75) is 46.3 Å². The molecule has 0 radical (unpaired) electrons. The molecule has 4 N–H and O–H groups in total. The van der Waals surface area contributed by atoms with E-state index in [4.69, 9.17) is 5.73 Å². The fraction of sp³-hybridized carbons (Fsp3) is 0.514. The molecule has 0 spiro atoms. The Bertz CT molecular complexity index is 1320. The minimum absolute atomic E-state index is 0.118. The van der Waals surface area contributed by atoms with Crippen molar-refractivity contribution in [1.29, 1.82) is 0 Å². The summed E-state index contributed by atoms with van der Waals surface area (Å²) in [6, 6.07) is 14.7. The van der Waals surface area contributed by atoms with Gasteiger partial charge in [-0.25, -0.2) is 0 Å². The molecule has 2 aromatic rings. The van der Waals surface area contributed by atoms with Crippen LogP contribution in [0.3, 0.4) is 0 Å². The maximum absolute atomic E-state index is 14.1. The van der Waals surface area contributed by atoms with Crippen molar-refractivity contribution in [3.8, 4) is 11.1 Å². The molecule has 0 atom stereocenters. The van der Waals surface area contributed by atoms with Gasteiger partial charge < -0.3 is 26.2 Å². The normalized spacial score (nSPS) is 17.3. The van der Waals surface area contributed by atoms with E-state index in [1.165, 1.54) is 11.6 Å². The average molecular weight is 656 g/mol. The summed E-state index contributed by atoms with van der Waals surface area (Å²) in [6.07, 6.45) is -1.44. The first-order chi connectivity index (χ1) is 22.6. The first-order valence-electron chi connectivity index (χ1n) is 17.0. The Morgan fingerprint density at radius 2 is 1.60 bits per heavy atom. The fourth-order valence-corrected chi connectivity index (χ4v) is 5.94. The predicted molar refractivity (Wildman–Crippen MR) is 193 cm³/mol. The number of alkyl halides is 3. The van der Waals surface area contributed by atoms with Crippen LogP contribution in [0.4, 0.5) is 24.5 Å². The number of rotatable bonds is 13. The van der Waals surface area contributed by atoms with E-state index in [1.807, 2.05) is 33.9 Å². The second-order valence-electron chi connectivity index (χ2n) is 12.0. The lowest BCUT2D eigenvalue weighted by Gasteiger charge is -2.35. The Morgan fingerprint density at radius 1 is 0.936 bits per heavy atom. The molecule has 47 heavy (non-hydrogen) atoms. The van der Waals surface area contributed by atoms with Gasteiger partial charge in [-0.05, 0) is 55.4 Å². The number of hydrogen-bond acceptors (Lipinski definition) is 7. The minimum Gasteiger partial charge on any atom is -0.404 e. The molecule has 10 heteroatoms. The van der Waals surface area contributed by atoms with Crippen molar-refractivity contribution < 1.29 is 13.2 Å². The molecule has 0 unspecified atom stereocenters. The molecular formula is C37H56F3N7. The van der Waals surface area contributed by atoms with Crippen LogP contribution < -0.4 is 21.3 Å². The van der Waals surface area contributed by atoms with Gasteiger partial charge in [-0.15, -0.1) is 0 Å². The first kappa shape index (κ1) is 38.1. The number of nitrogens with two attached hydrogens (primary N) is 1. The van der Waals surface area contributed by atoms with Gasteiger partial charge in [0.15, 0.2) is 0 Å². The molecule has 0 aliphatic carbocycles. The summed E-state index contributed by atoms with van der Waals surface area (Å²) >= 11 is 0. The second kappa shape index (κ2) is 18.9. The van der Waals surface area contributed by atoms with Crippen molar-refractivity contribution in [2.75, 3.05) is 89.8 Å². The Balaban J connectivity index is 0.00000294. The molecule has 4 rings (SSSR count). The predicted octanol–water partition coefficient (Wildman–Crippen LogP) is 6.53. The summed E-state index contributed by atoms with van der Waals surface area (Å²) in [6.45, 7) is 20.5. The van der Waals surface area contributed by atoms with Crippen LogP contribution in [0.2, 0.25) is 0 Å². The number of likely N-dealkylation sites (N-methyl/N-ethyl adjacent to an activating group) is 2. The highest BCUT2D eigenvalue weighted by molar-refractivity contribution is 5.80. The van der Waals surface area contributed by atoms with E-state index >= 15 is 0 Å². The maximum atomic E-state index is 14.1. The van der Waals surface area contributed by atoms with Crippen molar-refractivity contribution in [3.05, 3.63) is 83.7 Å². The Morgan fingerprint density at radius 3 is 2.21 bits per heavy atom. The summed E-state index contributed by atoms with van der Waals surface area (Å²) in [5.74, 6) is 0. The van der Waals surface area contributed by atoms with Crippen LogP contribution in [0.15, 0.2) is 78.2 Å². The zero-order chi connectivity index (χ0) is 34.4. The average Bonchev–Trinajstić information content (AvgIpc) is 3.07. The van der Waals surface area contributed by atoms with Crippen LogP contribution in [0.5, 0.6) is 0 Å². The fourth-order valence-electron chi connectivity index (χ4n) is 5.94. The zero-order valence-corrected chi connectivity index (χ0v) is 29.1. The number of hydrogen-bond donors (Lipinski definition) is 3. The standard InChI is InChI=1S/C35H50F3N7.C2H6/c1-5-6-10-32(35(36,37)38)31(25-39)27(2)41-33-24-30(11-12-34(33)45-21-15-42(4)16-22-45)29-9-7-8-28(23-29)26-44-19-17-43(18-20-44)14-13-40-3;1-2/h7-12,23-25,40-41H,2,5-6,13-22,26,39H2,1,3-4H3;1-2H3/b31-25-,32-10+;. The molecule has 0 saturated carbocycles. The van der Waals surface area contributed by atoms with Crippen LogP contribution in [-0.4, -0.2) is 100 Å². The third-order valence-electron chi connectivity index (χ3n) is 8.66. The lowest BCUT2D eigenvalue weighted by molar-refractivity contribution is -0.0893. The highest BCUT2D eigenvalue weighted by Crippen LogP contribution is 2.38. The zero-order valence-electron chi connectivity index (χ0n) is 29.1. The molecule has 0 bridgehead atoms. The molecule has 2 saturated heterocycles. The van der Waals surface area contributed by atoms with Gasteiger partial charge >= 0.3 is 6.18 Å². The van der Waals surface area contributed by atoms with E-state index in [2.05, 4.69) is 80.3 Å². The van der Waals surface area contributed by atoms with Gasteiger partial charge in [0, 0.05) is 89.5 Å². The van der Waals surface area contributed by atoms with Crippen molar-refractivity contribution in [2.24, 2.45) is 5.73 Å². The van der Waals surface area contributed by atoms with Gasteiger partial charge in [0.1, 0.15) is 0 Å². The third-order valence-corrected chi connectivity index (χ3v) is 8.66. The molecule has 2 aromatic carbocycles. The quantitative estimate of drug-likeness (QED) is 0.212. The Hall–Kier alpha value is -3.31. The van der Waals surface area contributed by atoms with Gasteiger partial charge in [-0.2, -0.15) is 13.2 Å². The summed E-state index contributed by atoms with van der Waals surface area (Å²) in [4.78, 5) is 9.53. The van der Waals surface area contributed by atoms with E-state index in [1.54, 1.807) is 0 Å². The summed E-state index contributed by atoms with van der Waals surface area (Å²) in [5, 5.41) is 6.48. The van der Waals surface area contributed by atoms with Crippen molar-refractivity contribution >= 4 is 11.4 Å². The largest absolute Gasteiger partial charge is 0.416 e. The molecule has 2 fully saturated rings. The molecular weight excluding hydrogens is 599 g/mol. The van der Waals surface area contributed by atoms with E-state index in [0.717, 1.165) is 95.0 Å². The third kappa shape index (κ3) is 11.1. The lowest BCUT2D eigenvalue weighted by atomic mass is 9.99. The van der Waals surface area contributed by atoms with Crippen molar-refractivity contribution in [3.63, 3.8) is 0 Å². The highest BCUT2D eigenvalue weighted by atomic mass is 19.4. The van der Waals surface area contributed by atoms with Crippen LogP contribution in [0, 0.1) is 0 Å². The van der Waals surface area contributed by atoms with E-state index in [0.29, 0.717) is 18.5 Å². The van der Waals surface area contributed by atoms with Crippen LogP contribution >= 0.6 is 0 Å². The van der Waals surface area contributed by atoms with Crippen LogP contribution in [-0.2, 0) is 6.54 Å². The summed E-state index contributed by atoms with van der Waals surface area (Å²) in [7, 11) is 4.08. The summed E-state index contributed by atoms with van der Waals surface area (Å²) in [5.41, 5.74) is 9.95. The minimum atomic E-state index is -4.55. The number of allylic oxidation sites excluding steroid dienone is 2. The topological polar surface area (TPSA) is 63.0 Å². The van der Waals surface area contributed by atoms with Gasteiger partial charge in [-0.3, -0.25) is 9.80 Å². The van der Waals surface area contributed by atoms with E-state index in [9.17, 15) is 13.2 Å². The monoisotopic (exact) mass is 655 g/mol. The smallest absolute Gasteiger partial charge is 0.404 e. The van der Waals surface area contributed by atoms with E-state index < -0.39 is 11.7 Å². The number of halogens is 3. The number of unbranched alkanes of at least 4 members (excludes halogenated alkanes) is 1. The Labute approximate surface area is 281 Å².